The topological polar surface area (TPSA) is 98.9 Å². The van der Waals surface area contributed by atoms with E-state index in [-0.39, 0.29) is 0 Å². The van der Waals surface area contributed by atoms with E-state index in [9.17, 15) is 18.3 Å². The van der Waals surface area contributed by atoms with Crippen LogP contribution in [0, 0.1) is 0 Å². The van der Waals surface area contributed by atoms with Crippen molar-refractivity contribution in [1.82, 2.24) is 0 Å². The van der Waals surface area contributed by atoms with Gasteiger partial charge in [0, 0.05) is 5.56 Å². The number of rotatable bonds is 8. The standard InChI is InChI=1S/C9H21N.C7H6O5S/c1-4-7-10(8-5-2)9-6-3;8-7(9)5-3-1-2-4-6(5)13(10,11)12/h4-9H2,1-3H3;1-4H,(H,8,9)(H,10,11,12). The minimum absolute atomic E-state index is 0.551. The highest BCUT2D eigenvalue weighted by atomic mass is 32.2. The zero-order chi connectivity index (χ0) is 17.9. The van der Waals surface area contributed by atoms with E-state index in [1.807, 2.05) is 0 Å². The molecule has 2 N–H and O–H groups in total. The lowest BCUT2D eigenvalue weighted by molar-refractivity contribution is -0.900. The van der Waals surface area contributed by atoms with E-state index in [4.69, 9.17) is 4.55 Å². The monoisotopic (exact) mass is 345 g/mol. The summed E-state index contributed by atoms with van der Waals surface area (Å²) in [5.41, 5.74) is -0.551. The summed E-state index contributed by atoms with van der Waals surface area (Å²) in [7, 11) is -4.50. The SMILES string of the molecule is CCC[NH+](CCC)CCC.O=C([O-])c1ccccc1S(=O)(=O)O. The molecule has 23 heavy (non-hydrogen) atoms. The first kappa shape index (κ1) is 21.6. The average molecular weight is 345 g/mol. The van der Waals surface area contributed by atoms with Crippen molar-refractivity contribution in [1.29, 1.82) is 0 Å². The van der Waals surface area contributed by atoms with Crippen LogP contribution in [0.5, 0.6) is 0 Å². The third-order valence-electron chi connectivity index (χ3n) is 3.20. The van der Waals surface area contributed by atoms with Crippen molar-refractivity contribution in [2.24, 2.45) is 0 Å². The fraction of sp³-hybridized carbons (Fsp3) is 0.562. The molecule has 0 bridgehead atoms. The van der Waals surface area contributed by atoms with Gasteiger partial charge in [0.2, 0.25) is 0 Å². The number of benzene rings is 1. The van der Waals surface area contributed by atoms with Crippen LogP contribution in [-0.2, 0) is 10.1 Å². The number of carbonyl (C=O) groups excluding carboxylic acids is 1. The van der Waals surface area contributed by atoms with E-state index in [0.717, 1.165) is 12.1 Å². The van der Waals surface area contributed by atoms with Crippen molar-refractivity contribution in [2.45, 2.75) is 44.9 Å². The molecule has 1 rings (SSSR count). The Morgan fingerprint density at radius 3 is 1.78 bits per heavy atom. The Morgan fingerprint density at radius 2 is 1.48 bits per heavy atom. The fourth-order valence-corrected chi connectivity index (χ4v) is 2.98. The summed E-state index contributed by atoms with van der Waals surface area (Å²) in [6.45, 7) is 10.9. The summed E-state index contributed by atoms with van der Waals surface area (Å²) in [5.74, 6) is -1.65. The molecule has 0 heterocycles. The fourth-order valence-electron chi connectivity index (χ4n) is 2.30. The van der Waals surface area contributed by atoms with E-state index in [1.165, 1.54) is 51.0 Å². The quantitative estimate of drug-likeness (QED) is 0.665. The third kappa shape index (κ3) is 8.68. The van der Waals surface area contributed by atoms with Crippen LogP contribution in [0.4, 0.5) is 0 Å². The maximum absolute atomic E-state index is 10.6. The number of aromatic carboxylic acids is 1. The predicted octanol–water partition coefficient (Wildman–Crippen LogP) is 0.398. The second kappa shape index (κ2) is 11.2. The number of carboxylic acid groups (broad SMARTS) is 1. The summed E-state index contributed by atoms with van der Waals surface area (Å²) in [6, 6.07) is 4.66. The first-order valence-corrected chi connectivity index (χ1v) is 9.33. The Hall–Kier alpha value is -1.44. The van der Waals surface area contributed by atoms with E-state index >= 15 is 0 Å². The second-order valence-electron chi connectivity index (χ2n) is 5.26. The number of hydrogen-bond donors (Lipinski definition) is 2. The van der Waals surface area contributed by atoms with Gasteiger partial charge in [0.1, 0.15) is 4.90 Å². The van der Waals surface area contributed by atoms with Crippen LogP contribution in [0.3, 0.4) is 0 Å². The highest BCUT2D eigenvalue weighted by molar-refractivity contribution is 7.86. The summed E-state index contributed by atoms with van der Waals surface area (Å²) in [4.78, 5) is 11.5. The summed E-state index contributed by atoms with van der Waals surface area (Å²) in [6.07, 6.45) is 3.99. The van der Waals surface area contributed by atoms with E-state index in [1.54, 1.807) is 4.90 Å². The lowest BCUT2D eigenvalue weighted by Crippen LogP contribution is -3.11. The highest BCUT2D eigenvalue weighted by Crippen LogP contribution is 2.13. The van der Waals surface area contributed by atoms with Gasteiger partial charge in [-0.05, 0) is 25.3 Å². The molecule has 6 nitrogen and oxygen atoms in total. The van der Waals surface area contributed by atoms with Gasteiger partial charge >= 0.3 is 0 Å². The van der Waals surface area contributed by atoms with Gasteiger partial charge in [0.25, 0.3) is 10.1 Å². The largest absolute Gasteiger partial charge is 0.545 e. The Morgan fingerprint density at radius 1 is 1.04 bits per heavy atom. The van der Waals surface area contributed by atoms with Gasteiger partial charge in [0.15, 0.2) is 0 Å². The van der Waals surface area contributed by atoms with Crippen LogP contribution in [0.2, 0.25) is 0 Å². The van der Waals surface area contributed by atoms with Gasteiger partial charge in [-0.15, -0.1) is 0 Å². The van der Waals surface area contributed by atoms with Crippen LogP contribution >= 0.6 is 0 Å². The van der Waals surface area contributed by atoms with Crippen LogP contribution in [0.1, 0.15) is 50.4 Å². The third-order valence-corrected chi connectivity index (χ3v) is 4.11. The minimum Gasteiger partial charge on any atom is -0.545 e. The zero-order valence-electron chi connectivity index (χ0n) is 14.0. The Balaban J connectivity index is 0.000000438. The van der Waals surface area contributed by atoms with Crippen LogP contribution in [0.25, 0.3) is 0 Å². The van der Waals surface area contributed by atoms with E-state index in [0.29, 0.717) is 0 Å². The summed E-state index contributed by atoms with van der Waals surface area (Å²) < 4.78 is 29.8. The van der Waals surface area contributed by atoms with Crippen molar-refractivity contribution < 1.29 is 27.8 Å². The minimum atomic E-state index is -4.50. The molecule has 0 saturated carbocycles. The van der Waals surface area contributed by atoms with Gasteiger partial charge in [-0.3, -0.25) is 4.55 Å². The predicted molar refractivity (Wildman–Crippen MR) is 87.0 cm³/mol. The maximum Gasteiger partial charge on any atom is 0.295 e. The Kier molecular flexibility index (Phi) is 10.5. The molecule has 1 aromatic carbocycles. The van der Waals surface area contributed by atoms with E-state index < -0.39 is 26.5 Å². The number of nitrogens with one attached hydrogen (secondary N) is 1. The van der Waals surface area contributed by atoms with Gasteiger partial charge in [-0.1, -0.05) is 39.0 Å². The second-order valence-corrected chi connectivity index (χ2v) is 6.65. The van der Waals surface area contributed by atoms with Crippen LogP contribution in [0.15, 0.2) is 29.2 Å². The first-order chi connectivity index (χ1) is 10.8. The molecule has 0 aliphatic heterocycles. The molecule has 0 aliphatic rings. The molecule has 132 valence electrons. The molecular weight excluding hydrogens is 318 g/mol. The van der Waals surface area contributed by atoms with Gasteiger partial charge in [-0.2, -0.15) is 8.42 Å². The number of quaternary nitrogens is 1. The average Bonchev–Trinajstić information content (AvgIpc) is 2.48. The molecule has 0 spiro atoms. The number of carboxylic acids is 1. The Bertz CT molecular complexity index is 557. The molecule has 0 aromatic heterocycles. The zero-order valence-corrected chi connectivity index (χ0v) is 14.9. The lowest BCUT2D eigenvalue weighted by atomic mass is 10.2. The molecular formula is C16H27NO5S. The van der Waals surface area contributed by atoms with Gasteiger partial charge < -0.3 is 14.8 Å². The molecule has 0 aliphatic carbocycles. The number of carbonyl (C=O) groups is 1. The van der Waals surface area contributed by atoms with E-state index in [2.05, 4.69) is 20.8 Å². The normalized spacial score (nSPS) is 11.0. The highest BCUT2D eigenvalue weighted by Gasteiger charge is 2.14. The van der Waals surface area contributed by atoms with Crippen molar-refractivity contribution in [2.75, 3.05) is 19.6 Å². The first-order valence-electron chi connectivity index (χ1n) is 7.89. The summed E-state index contributed by atoms with van der Waals surface area (Å²) >= 11 is 0. The smallest absolute Gasteiger partial charge is 0.295 e. The molecule has 0 radical (unpaired) electrons. The molecule has 7 heteroatoms. The van der Waals surface area contributed by atoms with Gasteiger partial charge in [0.05, 0.1) is 25.6 Å². The molecule has 0 amide bonds. The van der Waals surface area contributed by atoms with Gasteiger partial charge in [-0.25, -0.2) is 0 Å². The maximum atomic E-state index is 10.6. The molecule has 0 saturated heterocycles. The molecule has 1 aromatic rings. The summed E-state index contributed by atoms with van der Waals surface area (Å²) in [5, 5.41) is 10.4. The molecule has 0 unspecified atom stereocenters. The van der Waals surface area contributed by atoms with Crippen molar-refractivity contribution >= 4 is 16.1 Å². The lowest BCUT2D eigenvalue weighted by Gasteiger charge is -2.16. The van der Waals surface area contributed by atoms with Crippen molar-refractivity contribution in [3.63, 3.8) is 0 Å². The Labute approximate surface area is 138 Å². The number of hydrogen-bond acceptors (Lipinski definition) is 4. The van der Waals surface area contributed by atoms with Crippen LogP contribution in [-0.4, -0.2) is 38.6 Å². The van der Waals surface area contributed by atoms with Crippen LogP contribution < -0.4 is 10.0 Å². The molecule has 0 fully saturated rings. The molecule has 0 atom stereocenters. The van der Waals surface area contributed by atoms with Crippen molar-refractivity contribution in [3.05, 3.63) is 29.8 Å². The van der Waals surface area contributed by atoms with Crippen molar-refractivity contribution in [3.8, 4) is 0 Å².